The second-order valence-electron chi connectivity index (χ2n) is 6.53. The van der Waals surface area contributed by atoms with Gasteiger partial charge in [-0.2, -0.15) is 0 Å². The molecule has 126 valence electrons. The fourth-order valence-electron chi connectivity index (χ4n) is 3.24. The quantitative estimate of drug-likeness (QED) is 0.548. The van der Waals surface area contributed by atoms with Gasteiger partial charge < -0.3 is 9.64 Å². The molecular weight excluding hydrogens is 286 g/mol. The Morgan fingerprint density at radius 3 is 2.43 bits per heavy atom. The Morgan fingerprint density at radius 2 is 1.87 bits per heavy atom. The van der Waals surface area contributed by atoms with Gasteiger partial charge in [0.2, 0.25) is 0 Å². The van der Waals surface area contributed by atoms with E-state index in [9.17, 15) is 4.79 Å². The molecule has 0 atom stereocenters. The van der Waals surface area contributed by atoms with Crippen molar-refractivity contribution in [3.63, 3.8) is 0 Å². The SMILES string of the molecule is CCCN(C)/C=C(/OC1CCC(c2ccccc2)CC1)C(C)=O. The van der Waals surface area contributed by atoms with Gasteiger partial charge in [-0.05, 0) is 43.6 Å². The van der Waals surface area contributed by atoms with Crippen LogP contribution in [0.1, 0.15) is 57.4 Å². The standard InChI is InChI=1S/C20H29NO2/c1-4-14-21(3)15-20(16(2)22)23-19-12-10-18(11-13-19)17-8-6-5-7-9-17/h5-9,15,18-19H,4,10-14H2,1-3H3/b20-15+. The summed E-state index contributed by atoms with van der Waals surface area (Å²) in [6.45, 7) is 4.64. The highest BCUT2D eigenvalue weighted by Gasteiger charge is 2.24. The minimum Gasteiger partial charge on any atom is -0.485 e. The second-order valence-corrected chi connectivity index (χ2v) is 6.53. The number of Topliss-reactive ketones (excluding diaryl/α,β-unsaturated/α-hetero) is 1. The summed E-state index contributed by atoms with van der Waals surface area (Å²) in [6.07, 6.45) is 7.37. The smallest absolute Gasteiger partial charge is 0.195 e. The van der Waals surface area contributed by atoms with E-state index in [1.807, 2.05) is 18.1 Å². The Bertz CT molecular complexity index is 516. The van der Waals surface area contributed by atoms with E-state index in [0.29, 0.717) is 11.7 Å². The van der Waals surface area contributed by atoms with Crippen LogP contribution in [0.3, 0.4) is 0 Å². The van der Waals surface area contributed by atoms with Gasteiger partial charge in [-0.3, -0.25) is 4.79 Å². The van der Waals surface area contributed by atoms with Crippen molar-refractivity contribution in [2.45, 2.75) is 58.0 Å². The van der Waals surface area contributed by atoms with Gasteiger partial charge in [-0.25, -0.2) is 0 Å². The van der Waals surface area contributed by atoms with Gasteiger partial charge >= 0.3 is 0 Å². The molecule has 1 saturated carbocycles. The molecule has 3 nitrogen and oxygen atoms in total. The molecule has 0 saturated heterocycles. The lowest BCUT2D eigenvalue weighted by Gasteiger charge is -2.30. The molecule has 1 aromatic carbocycles. The molecule has 0 radical (unpaired) electrons. The van der Waals surface area contributed by atoms with Crippen molar-refractivity contribution in [2.75, 3.05) is 13.6 Å². The highest BCUT2D eigenvalue weighted by molar-refractivity contribution is 5.91. The molecule has 0 N–H and O–H groups in total. The number of ketones is 1. The van der Waals surface area contributed by atoms with Crippen molar-refractivity contribution < 1.29 is 9.53 Å². The molecule has 2 rings (SSSR count). The first-order valence-corrected chi connectivity index (χ1v) is 8.74. The van der Waals surface area contributed by atoms with Crippen molar-refractivity contribution in [2.24, 2.45) is 0 Å². The predicted molar refractivity (Wildman–Crippen MR) is 94.2 cm³/mol. The number of carbonyl (C=O) groups is 1. The van der Waals surface area contributed by atoms with E-state index in [2.05, 4.69) is 37.3 Å². The highest BCUT2D eigenvalue weighted by Crippen LogP contribution is 2.34. The highest BCUT2D eigenvalue weighted by atomic mass is 16.5. The van der Waals surface area contributed by atoms with Gasteiger partial charge in [0.1, 0.15) is 0 Å². The fraction of sp³-hybridized carbons (Fsp3) is 0.550. The van der Waals surface area contributed by atoms with Crippen LogP contribution in [0, 0.1) is 0 Å². The number of hydrogen-bond donors (Lipinski definition) is 0. The molecule has 0 amide bonds. The zero-order chi connectivity index (χ0) is 16.7. The Balaban J connectivity index is 1.90. The van der Waals surface area contributed by atoms with Crippen molar-refractivity contribution in [1.29, 1.82) is 0 Å². The molecule has 1 fully saturated rings. The van der Waals surface area contributed by atoms with Crippen LogP contribution in [0.25, 0.3) is 0 Å². The Hall–Kier alpha value is -1.77. The lowest BCUT2D eigenvalue weighted by atomic mass is 9.83. The van der Waals surface area contributed by atoms with Crippen LogP contribution in [-0.4, -0.2) is 30.4 Å². The van der Waals surface area contributed by atoms with Crippen molar-refractivity contribution in [1.82, 2.24) is 4.90 Å². The topological polar surface area (TPSA) is 29.5 Å². The molecule has 3 heteroatoms. The Morgan fingerprint density at radius 1 is 1.22 bits per heavy atom. The largest absolute Gasteiger partial charge is 0.485 e. The predicted octanol–water partition coefficient (Wildman–Crippen LogP) is 4.50. The van der Waals surface area contributed by atoms with Crippen LogP contribution in [0.5, 0.6) is 0 Å². The average Bonchev–Trinajstić information content (AvgIpc) is 2.56. The summed E-state index contributed by atoms with van der Waals surface area (Å²) in [6, 6.07) is 10.7. The first kappa shape index (κ1) is 17.6. The average molecular weight is 315 g/mol. The van der Waals surface area contributed by atoms with Crippen LogP contribution in [-0.2, 0) is 9.53 Å². The van der Waals surface area contributed by atoms with E-state index in [1.165, 1.54) is 5.56 Å². The maximum atomic E-state index is 11.8. The summed E-state index contributed by atoms with van der Waals surface area (Å²) in [5.41, 5.74) is 1.43. The van der Waals surface area contributed by atoms with Gasteiger partial charge in [0.05, 0.1) is 6.10 Å². The lowest BCUT2D eigenvalue weighted by Crippen LogP contribution is -2.23. The van der Waals surface area contributed by atoms with Crippen molar-refractivity contribution >= 4 is 5.78 Å². The number of rotatable bonds is 7. The fourth-order valence-corrected chi connectivity index (χ4v) is 3.24. The number of ether oxygens (including phenoxy) is 1. The van der Waals surface area contributed by atoms with Crippen LogP contribution in [0.4, 0.5) is 0 Å². The second kappa shape index (κ2) is 8.76. The third kappa shape index (κ3) is 5.42. The molecular formula is C20H29NO2. The molecule has 0 unspecified atom stereocenters. The number of hydrogen-bond acceptors (Lipinski definition) is 3. The molecule has 0 heterocycles. The van der Waals surface area contributed by atoms with Gasteiger partial charge in [0.25, 0.3) is 0 Å². The zero-order valence-corrected chi connectivity index (χ0v) is 14.6. The van der Waals surface area contributed by atoms with E-state index in [-0.39, 0.29) is 11.9 Å². The molecule has 1 aromatic rings. The number of nitrogens with zero attached hydrogens (tertiary/aromatic N) is 1. The summed E-state index contributed by atoms with van der Waals surface area (Å²) < 4.78 is 6.02. The van der Waals surface area contributed by atoms with E-state index in [4.69, 9.17) is 4.74 Å². The summed E-state index contributed by atoms with van der Waals surface area (Å²) in [4.78, 5) is 13.9. The van der Waals surface area contributed by atoms with Gasteiger partial charge in [0, 0.05) is 26.7 Å². The van der Waals surface area contributed by atoms with Gasteiger partial charge in [-0.1, -0.05) is 37.3 Å². The van der Waals surface area contributed by atoms with E-state index in [1.54, 1.807) is 6.92 Å². The number of allylic oxidation sites excluding steroid dienone is 1. The first-order chi connectivity index (χ1) is 11.1. The molecule has 0 spiro atoms. The lowest BCUT2D eigenvalue weighted by molar-refractivity contribution is -0.118. The molecule has 1 aliphatic rings. The maximum Gasteiger partial charge on any atom is 0.195 e. The van der Waals surface area contributed by atoms with Crippen LogP contribution in [0.2, 0.25) is 0 Å². The van der Waals surface area contributed by atoms with E-state index < -0.39 is 0 Å². The summed E-state index contributed by atoms with van der Waals surface area (Å²) >= 11 is 0. The van der Waals surface area contributed by atoms with Crippen LogP contribution in [0.15, 0.2) is 42.3 Å². The van der Waals surface area contributed by atoms with E-state index in [0.717, 1.165) is 38.6 Å². The minimum absolute atomic E-state index is 0.0122. The first-order valence-electron chi connectivity index (χ1n) is 8.74. The number of benzene rings is 1. The molecule has 0 bridgehead atoms. The monoisotopic (exact) mass is 315 g/mol. The summed E-state index contributed by atoms with van der Waals surface area (Å²) in [5, 5.41) is 0. The van der Waals surface area contributed by atoms with E-state index >= 15 is 0 Å². The molecule has 23 heavy (non-hydrogen) atoms. The van der Waals surface area contributed by atoms with Gasteiger partial charge in [-0.15, -0.1) is 0 Å². The van der Waals surface area contributed by atoms with Crippen LogP contribution < -0.4 is 0 Å². The molecule has 1 aliphatic carbocycles. The van der Waals surface area contributed by atoms with Gasteiger partial charge in [0.15, 0.2) is 11.5 Å². The van der Waals surface area contributed by atoms with Crippen molar-refractivity contribution in [3.8, 4) is 0 Å². The van der Waals surface area contributed by atoms with Crippen molar-refractivity contribution in [3.05, 3.63) is 47.9 Å². The summed E-state index contributed by atoms with van der Waals surface area (Å²) in [5.74, 6) is 1.14. The maximum absolute atomic E-state index is 11.8. The molecule has 0 aromatic heterocycles. The molecule has 0 aliphatic heterocycles. The third-order valence-corrected chi connectivity index (χ3v) is 4.50. The van der Waals surface area contributed by atoms with Crippen LogP contribution >= 0.6 is 0 Å². The zero-order valence-electron chi connectivity index (χ0n) is 14.6. The third-order valence-electron chi connectivity index (χ3n) is 4.50. The minimum atomic E-state index is 0.0122. The summed E-state index contributed by atoms with van der Waals surface area (Å²) in [7, 11) is 1.99. The Labute approximate surface area is 140 Å². The number of carbonyl (C=O) groups excluding carboxylic acids is 1. The Kier molecular flexibility index (Phi) is 6.69. The normalized spacial score (nSPS) is 21.8.